The maximum atomic E-state index is 5.79. The normalized spacial score (nSPS) is 20.6. The van der Waals surface area contributed by atoms with Gasteiger partial charge in [-0.15, -0.1) is 0 Å². The van der Waals surface area contributed by atoms with Gasteiger partial charge in [-0.3, -0.25) is 5.73 Å². The number of benzene rings is 1. The lowest BCUT2D eigenvalue weighted by atomic mass is 10.2. The molecule has 0 saturated heterocycles. The molecule has 0 spiro atoms. The van der Waals surface area contributed by atoms with Crippen LogP contribution < -0.4 is 16.0 Å². The quantitative estimate of drug-likeness (QED) is 0.601. The summed E-state index contributed by atoms with van der Waals surface area (Å²) in [6.45, 7) is 2.08. The van der Waals surface area contributed by atoms with Crippen molar-refractivity contribution in [3.63, 3.8) is 0 Å². The van der Waals surface area contributed by atoms with E-state index in [2.05, 4.69) is 30.4 Å². The van der Waals surface area contributed by atoms with Crippen LogP contribution in [0.2, 0.25) is 0 Å². The Balaban J connectivity index is 2.48. The van der Waals surface area contributed by atoms with E-state index >= 15 is 0 Å². The summed E-state index contributed by atoms with van der Waals surface area (Å²) in [5.41, 5.74) is 9.36. The van der Waals surface area contributed by atoms with Gasteiger partial charge in [-0.25, -0.2) is 0 Å². The van der Waals surface area contributed by atoms with Crippen molar-refractivity contribution in [3.8, 4) is 0 Å². The number of anilines is 2. The Kier molecular flexibility index (Phi) is 1.48. The number of fused-ring (bicyclic) bond motifs is 1. The van der Waals surface area contributed by atoms with Crippen molar-refractivity contribution < 1.29 is 0 Å². The second-order valence-corrected chi connectivity index (χ2v) is 3.22. The highest BCUT2D eigenvalue weighted by Crippen LogP contribution is 2.32. The molecule has 0 aliphatic carbocycles. The van der Waals surface area contributed by atoms with Crippen molar-refractivity contribution in [1.29, 1.82) is 0 Å². The van der Waals surface area contributed by atoms with Gasteiger partial charge in [-0.2, -0.15) is 0 Å². The summed E-state index contributed by atoms with van der Waals surface area (Å²) < 4.78 is 0. The average molecular weight is 163 g/mol. The van der Waals surface area contributed by atoms with Gasteiger partial charge in [0.15, 0.2) is 6.29 Å². The molecule has 64 valence electrons. The molecule has 2 rings (SSSR count). The van der Waals surface area contributed by atoms with Gasteiger partial charge in [0.05, 0.1) is 11.4 Å². The third-order valence-corrected chi connectivity index (χ3v) is 2.25. The highest BCUT2D eigenvalue weighted by atomic mass is 15.4. The van der Waals surface area contributed by atoms with Gasteiger partial charge in [0.25, 0.3) is 0 Å². The Morgan fingerprint density at radius 3 is 3.00 bits per heavy atom. The summed E-state index contributed by atoms with van der Waals surface area (Å²) in [6.07, 6.45) is -0.0817. The van der Waals surface area contributed by atoms with Gasteiger partial charge in [-0.1, -0.05) is 6.07 Å². The van der Waals surface area contributed by atoms with Gasteiger partial charge in [0.2, 0.25) is 0 Å². The first-order valence-corrected chi connectivity index (χ1v) is 4.04. The third kappa shape index (κ3) is 0.940. The number of hydrogen-bond donors (Lipinski definition) is 2. The van der Waals surface area contributed by atoms with Crippen LogP contribution in [0.4, 0.5) is 11.4 Å². The maximum absolute atomic E-state index is 5.79. The highest BCUT2D eigenvalue weighted by Gasteiger charge is 2.21. The van der Waals surface area contributed by atoms with Crippen LogP contribution in [0.15, 0.2) is 18.2 Å². The van der Waals surface area contributed by atoms with E-state index in [9.17, 15) is 0 Å². The average Bonchev–Trinajstić information content (AvgIpc) is 2.31. The fourth-order valence-electron chi connectivity index (χ4n) is 1.46. The summed E-state index contributed by atoms with van der Waals surface area (Å²) >= 11 is 0. The first-order valence-electron chi connectivity index (χ1n) is 4.04. The van der Waals surface area contributed by atoms with Crippen molar-refractivity contribution in [3.05, 3.63) is 23.8 Å². The minimum Gasteiger partial charge on any atom is -0.351 e. The van der Waals surface area contributed by atoms with E-state index in [1.54, 1.807) is 0 Å². The molecule has 12 heavy (non-hydrogen) atoms. The molecule has 3 heteroatoms. The first kappa shape index (κ1) is 7.43. The number of nitrogens with zero attached hydrogens (tertiary/aromatic N) is 1. The van der Waals surface area contributed by atoms with Crippen molar-refractivity contribution >= 4 is 11.4 Å². The molecule has 1 aliphatic heterocycles. The van der Waals surface area contributed by atoms with Crippen molar-refractivity contribution in [1.82, 2.24) is 0 Å². The molecule has 3 N–H and O–H groups in total. The van der Waals surface area contributed by atoms with Gasteiger partial charge in [-0.05, 0) is 24.6 Å². The van der Waals surface area contributed by atoms with Crippen molar-refractivity contribution in [2.45, 2.75) is 13.2 Å². The number of rotatable bonds is 0. The standard InChI is InChI=1S/C9H13N3/c1-6-3-4-7-8(5-6)12(2)9(10)11-7/h3-5,9,11H,10H2,1-2H3. The molecule has 3 nitrogen and oxygen atoms in total. The summed E-state index contributed by atoms with van der Waals surface area (Å²) in [7, 11) is 1.99. The summed E-state index contributed by atoms with van der Waals surface area (Å²) in [5.74, 6) is 0. The smallest absolute Gasteiger partial charge is 0.152 e. The maximum Gasteiger partial charge on any atom is 0.152 e. The molecule has 0 saturated carbocycles. The summed E-state index contributed by atoms with van der Waals surface area (Å²) in [5, 5.41) is 3.18. The van der Waals surface area contributed by atoms with E-state index in [0.717, 1.165) is 5.69 Å². The molecular formula is C9H13N3. The SMILES string of the molecule is Cc1ccc2c(c1)N(C)C(N)N2. The van der Waals surface area contributed by atoms with E-state index in [4.69, 9.17) is 5.73 Å². The minimum atomic E-state index is -0.0817. The van der Waals surface area contributed by atoms with Crippen LogP contribution >= 0.6 is 0 Å². The Bertz CT molecular complexity index is 309. The molecular weight excluding hydrogens is 150 g/mol. The van der Waals surface area contributed by atoms with E-state index < -0.39 is 0 Å². The van der Waals surface area contributed by atoms with Crippen molar-refractivity contribution in [2.75, 3.05) is 17.3 Å². The molecule has 0 bridgehead atoms. The monoisotopic (exact) mass is 163 g/mol. The zero-order valence-electron chi connectivity index (χ0n) is 7.33. The van der Waals surface area contributed by atoms with Gasteiger partial charge in [0, 0.05) is 7.05 Å². The fraction of sp³-hybridized carbons (Fsp3) is 0.333. The number of nitrogens with one attached hydrogen (secondary N) is 1. The third-order valence-electron chi connectivity index (χ3n) is 2.25. The zero-order valence-corrected chi connectivity index (χ0v) is 7.33. The van der Waals surface area contributed by atoms with Gasteiger partial charge in [0.1, 0.15) is 0 Å². The molecule has 0 radical (unpaired) electrons. The second-order valence-electron chi connectivity index (χ2n) is 3.22. The van der Waals surface area contributed by atoms with Crippen LogP contribution in [-0.4, -0.2) is 13.3 Å². The molecule has 1 heterocycles. The highest BCUT2D eigenvalue weighted by molar-refractivity contribution is 5.76. The van der Waals surface area contributed by atoms with Crippen LogP contribution in [0, 0.1) is 6.92 Å². The van der Waals surface area contributed by atoms with Crippen LogP contribution in [0.1, 0.15) is 5.56 Å². The lowest BCUT2D eigenvalue weighted by Crippen LogP contribution is -2.40. The molecule has 1 aromatic rings. The Hall–Kier alpha value is -1.22. The molecule has 0 fully saturated rings. The molecule has 0 amide bonds. The summed E-state index contributed by atoms with van der Waals surface area (Å²) in [6, 6.07) is 6.28. The van der Waals surface area contributed by atoms with Crippen LogP contribution in [0.3, 0.4) is 0 Å². The minimum absolute atomic E-state index is 0.0817. The van der Waals surface area contributed by atoms with E-state index in [1.807, 2.05) is 11.9 Å². The fourth-order valence-corrected chi connectivity index (χ4v) is 1.46. The Labute approximate surface area is 72.2 Å². The Morgan fingerprint density at radius 2 is 2.25 bits per heavy atom. The molecule has 1 atom stereocenters. The largest absolute Gasteiger partial charge is 0.351 e. The second kappa shape index (κ2) is 2.38. The molecule has 1 unspecified atom stereocenters. The first-order chi connectivity index (χ1) is 5.68. The lowest BCUT2D eigenvalue weighted by molar-refractivity contribution is 0.769. The Morgan fingerprint density at radius 1 is 1.50 bits per heavy atom. The van der Waals surface area contributed by atoms with E-state index in [1.165, 1.54) is 11.3 Å². The molecule has 1 aliphatic rings. The topological polar surface area (TPSA) is 41.3 Å². The molecule has 1 aromatic carbocycles. The molecule has 0 aromatic heterocycles. The van der Waals surface area contributed by atoms with Crippen LogP contribution in [-0.2, 0) is 0 Å². The van der Waals surface area contributed by atoms with Crippen LogP contribution in [0.5, 0.6) is 0 Å². The number of aryl methyl sites for hydroxylation is 1. The van der Waals surface area contributed by atoms with E-state index in [0.29, 0.717) is 0 Å². The van der Waals surface area contributed by atoms with Gasteiger partial charge < -0.3 is 10.2 Å². The van der Waals surface area contributed by atoms with Crippen LogP contribution in [0.25, 0.3) is 0 Å². The number of hydrogen-bond acceptors (Lipinski definition) is 3. The number of nitrogens with two attached hydrogens (primary N) is 1. The lowest BCUT2D eigenvalue weighted by Gasteiger charge is -2.16. The van der Waals surface area contributed by atoms with Gasteiger partial charge >= 0.3 is 0 Å². The zero-order chi connectivity index (χ0) is 8.72. The predicted molar refractivity (Wildman–Crippen MR) is 51.2 cm³/mol. The van der Waals surface area contributed by atoms with E-state index in [-0.39, 0.29) is 6.29 Å². The predicted octanol–water partition coefficient (Wildman–Crippen LogP) is 1.10. The summed E-state index contributed by atoms with van der Waals surface area (Å²) in [4.78, 5) is 2.03. The van der Waals surface area contributed by atoms with Crippen molar-refractivity contribution in [2.24, 2.45) is 5.73 Å².